The maximum absolute atomic E-state index is 12.7. The molecule has 2 aliphatic heterocycles. The van der Waals surface area contributed by atoms with E-state index in [4.69, 9.17) is 0 Å². The van der Waals surface area contributed by atoms with Crippen LogP contribution < -0.4 is 10.0 Å². The number of nitrogens with zero attached hydrogens (tertiary/aromatic N) is 1. The van der Waals surface area contributed by atoms with Gasteiger partial charge in [-0.25, -0.2) is 8.42 Å². The van der Waals surface area contributed by atoms with Crippen LogP contribution in [0.5, 0.6) is 0 Å². The second-order valence-electron chi connectivity index (χ2n) is 6.98. The third kappa shape index (κ3) is 3.46. The minimum Gasteiger partial charge on any atom is -0.365 e. The number of likely N-dealkylation sites (tertiary alicyclic amines) is 1. The van der Waals surface area contributed by atoms with Crippen molar-refractivity contribution in [1.29, 1.82) is 0 Å². The summed E-state index contributed by atoms with van der Waals surface area (Å²) in [6.07, 6.45) is 2.60. The Balaban J connectivity index is 1.45. The van der Waals surface area contributed by atoms with E-state index in [9.17, 15) is 8.42 Å². The molecule has 4 rings (SSSR count). The Bertz CT molecular complexity index is 854. The largest absolute Gasteiger partial charge is 0.365 e. The van der Waals surface area contributed by atoms with Crippen LogP contribution in [-0.4, -0.2) is 38.6 Å². The molecule has 3 heterocycles. The van der Waals surface area contributed by atoms with Crippen molar-refractivity contribution in [1.82, 2.24) is 9.62 Å². The highest BCUT2D eigenvalue weighted by Gasteiger charge is 2.42. The van der Waals surface area contributed by atoms with Crippen molar-refractivity contribution in [3.8, 4) is 0 Å². The summed E-state index contributed by atoms with van der Waals surface area (Å²) in [5, 5.41) is 5.58. The lowest BCUT2D eigenvalue weighted by Crippen LogP contribution is -2.62. The number of benzene rings is 1. The van der Waals surface area contributed by atoms with Gasteiger partial charge >= 0.3 is 0 Å². The van der Waals surface area contributed by atoms with Gasteiger partial charge in [-0.3, -0.25) is 0 Å². The van der Waals surface area contributed by atoms with Crippen molar-refractivity contribution in [2.45, 2.75) is 36.7 Å². The van der Waals surface area contributed by atoms with E-state index in [1.807, 2.05) is 19.1 Å². The predicted molar refractivity (Wildman–Crippen MR) is 102 cm³/mol. The molecule has 0 aliphatic carbocycles. The SMILES string of the molecule is Cc1ccc2c(c1)S(=O)(=O)NC1(CCN(CCc3cccs3)CC1)N2. The van der Waals surface area contributed by atoms with Gasteiger partial charge in [0.15, 0.2) is 0 Å². The van der Waals surface area contributed by atoms with Gasteiger partial charge in [-0.05, 0) is 55.3 Å². The quantitative estimate of drug-likeness (QED) is 0.863. The standard InChI is InChI=1S/C18H23N3O2S2/c1-14-4-5-16-17(13-14)25(22,23)20-18(19-16)7-10-21(11-8-18)9-6-15-3-2-12-24-15/h2-5,12-13,19-20H,6-11H2,1H3. The number of rotatable bonds is 3. The van der Waals surface area contributed by atoms with E-state index in [1.165, 1.54) is 4.88 Å². The van der Waals surface area contributed by atoms with Crippen LogP contribution in [0.1, 0.15) is 23.3 Å². The van der Waals surface area contributed by atoms with Crippen LogP contribution in [0.4, 0.5) is 5.69 Å². The number of hydrogen-bond acceptors (Lipinski definition) is 5. The number of fused-ring (bicyclic) bond motifs is 1. The zero-order valence-corrected chi connectivity index (χ0v) is 15.9. The summed E-state index contributed by atoms with van der Waals surface area (Å²) in [7, 11) is -3.47. The Morgan fingerprint density at radius 2 is 2.04 bits per heavy atom. The number of aryl methyl sites for hydroxylation is 1. The fourth-order valence-corrected chi connectivity index (χ4v) is 5.99. The van der Waals surface area contributed by atoms with E-state index in [0.29, 0.717) is 4.90 Å². The van der Waals surface area contributed by atoms with E-state index in [1.54, 1.807) is 17.4 Å². The molecule has 0 unspecified atom stereocenters. The molecule has 0 amide bonds. The summed E-state index contributed by atoms with van der Waals surface area (Å²) in [5.74, 6) is 0. The first-order valence-corrected chi connectivity index (χ1v) is 11.0. The number of anilines is 1. The molecule has 2 aliphatic rings. The molecule has 0 atom stereocenters. The molecule has 25 heavy (non-hydrogen) atoms. The summed E-state index contributed by atoms with van der Waals surface area (Å²) in [5.41, 5.74) is 1.11. The molecule has 7 heteroatoms. The average Bonchev–Trinajstić information content (AvgIpc) is 3.08. The molecule has 2 N–H and O–H groups in total. The third-order valence-corrected chi connectivity index (χ3v) is 7.61. The average molecular weight is 378 g/mol. The fourth-order valence-electron chi connectivity index (χ4n) is 3.66. The van der Waals surface area contributed by atoms with Gasteiger partial charge < -0.3 is 10.2 Å². The highest BCUT2D eigenvalue weighted by Crippen LogP contribution is 2.35. The number of sulfonamides is 1. The van der Waals surface area contributed by atoms with Crippen LogP contribution in [0.3, 0.4) is 0 Å². The molecule has 1 aromatic heterocycles. The number of thiophene rings is 1. The third-order valence-electron chi connectivity index (χ3n) is 5.09. The molecule has 0 saturated carbocycles. The smallest absolute Gasteiger partial charge is 0.244 e. The molecule has 1 fully saturated rings. The Kier molecular flexibility index (Phi) is 4.35. The minimum atomic E-state index is -3.47. The van der Waals surface area contributed by atoms with Crippen LogP contribution in [0.25, 0.3) is 0 Å². The van der Waals surface area contributed by atoms with Gasteiger partial charge in [0.1, 0.15) is 10.6 Å². The number of piperidine rings is 1. The van der Waals surface area contributed by atoms with Crippen molar-refractivity contribution >= 4 is 27.0 Å². The van der Waals surface area contributed by atoms with E-state index in [-0.39, 0.29) is 0 Å². The molecule has 1 aromatic carbocycles. The Labute approximate surface area is 153 Å². The van der Waals surface area contributed by atoms with Crippen LogP contribution in [-0.2, 0) is 16.4 Å². The number of hydrogen-bond donors (Lipinski definition) is 2. The van der Waals surface area contributed by atoms with Crippen molar-refractivity contribution < 1.29 is 8.42 Å². The zero-order chi connectivity index (χ0) is 17.5. The van der Waals surface area contributed by atoms with E-state index < -0.39 is 15.7 Å². The van der Waals surface area contributed by atoms with Gasteiger partial charge in [0, 0.05) is 24.5 Å². The first-order chi connectivity index (χ1) is 12.0. The second-order valence-corrected chi connectivity index (χ2v) is 9.67. The van der Waals surface area contributed by atoms with Gasteiger partial charge in [-0.15, -0.1) is 11.3 Å². The minimum absolute atomic E-state index is 0.359. The highest BCUT2D eigenvalue weighted by atomic mass is 32.2. The normalized spacial score (nSPS) is 21.6. The van der Waals surface area contributed by atoms with Gasteiger partial charge in [0.25, 0.3) is 0 Å². The lowest BCUT2D eigenvalue weighted by atomic mass is 9.96. The molecule has 0 bridgehead atoms. The Morgan fingerprint density at radius 3 is 2.76 bits per heavy atom. The maximum Gasteiger partial charge on any atom is 0.244 e. The summed E-state index contributed by atoms with van der Waals surface area (Å²) in [6.45, 7) is 4.72. The highest BCUT2D eigenvalue weighted by molar-refractivity contribution is 7.89. The predicted octanol–water partition coefficient (Wildman–Crippen LogP) is 2.80. The first kappa shape index (κ1) is 17.0. The summed E-state index contributed by atoms with van der Waals surface area (Å²) >= 11 is 1.80. The number of nitrogens with one attached hydrogen (secondary N) is 2. The van der Waals surface area contributed by atoms with Crippen LogP contribution in [0.2, 0.25) is 0 Å². The zero-order valence-electron chi connectivity index (χ0n) is 14.3. The van der Waals surface area contributed by atoms with Crippen LogP contribution >= 0.6 is 11.3 Å². The van der Waals surface area contributed by atoms with E-state index in [0.717, 1.165) is 50.1 Å². The first-order valence-electron chi connectivity index (χ1n) is 8.63. The lowest BCUT2D eigenvalue weighted by Gasteiger charge is -2.45. The monoisotopic (exact) mass is 377 g/mol. The molecular formula is C18H23N3O2S2. The summed E-state index contributed by atoms with van der Waals surface area (Å²) < 4.78 is 28.3. The summed E-state index contributed by atoms with van der Waals surface area (Å²) in [4.78, 5) is 4.19. The molecule has 2 aromatic rings. The molecule has 1 spiro atoms. The second kappa shape index (κ2) is 6.39. The van der Waals surface area contributed by atoms with Gasteiger partial charge in [-0.1, -0.05) is 12.1 Å². The molecule has 1 saturated heterocycles. The molecular weight excluding hydrogens is 354 g/mol. The fraction of sp³-hybridized carbons (Fsp3) is 0.444. The van der Waals surface area contributed by atoms with Gasteiger partial charge in [0.05, 0.1) is 5.69 Å². The van der Waals surface area contributed by atoms with Gasteiger partial charge in [0.2, 0.25) is 10.0 Å². The maximum atomic E-state index is 12.7. The lowest BCUT2D eigenvalue weighted by molar-refractivity contribution is 0.167. The van der Waals surface area contributed by atoms with Crippen molar-refractivity contribution in [3.63, 3.8) is 0 Å². The van der Waals surface area contributed by atoms with Crippen LogP contribution in [0, 0.1) is 6.92 Å². The Morgan fingerprint density at radius 1 is 1.24 bits per heavy atom. The van der Waals surface area contributed by atoms with Crippen LogP contribution in [0.15, 0.2) is 40.6 Å². The van der Waals surface area contributed by atoms with Gasteiger partial charge in [-0.2, -0.15) is 4.72 Å². The summed E-state index contributed by atoms with van der Waals surface area (Å²) in [6, 6.07) is 9.83. The van der Waals surface area contributed by atoms with Crippen molar-refractivity contribution in [2.75, 3.05) is 25.0 Å². The van der Waals surface area contributed by atoms with Crippen molar-refractivity contribution in [3.05, 3.63) is 46.2 Å². The van der Waals surface area contributed by atoms with E-state index >= 15 is 0 Å². The topological polar surface area (TPSA) is 61.4 Å². The Hall–Kier alpha value is -1.41. The molecule has 0 radical (unpaired) electrons. The van der Waals surface area contributed by atoms with E-state index in [2.05, 4.69) is 32.5 Å². The molecule has 5 nitrogen and oxygen atoms in total. The molecule has 134 valence electrons. The van der Waals surface area contributed by atoms with Crippen molar-refractivity contribution in [2.24, 2.45) is 0 Å².